The quantitative estimate of drug-likeness (QED) is 0.676. The molecule has 0 unspecified atom stereocenters. The second-order valence-corrected chi connectivity index (χ2v) is 7.82. The standard InChI is InChI=1S/C22H17ClN2O2S/c23-17-9-3-1-7-15(17)13-24-21(26)14-25-18-10-4-6-12-20(18)28-19-11-5-2-8-16(19)22(25)27/h1-12H,13-14H2,(H,24,26). The van der Waals surface area contributed by atoms with Gasteiger partial charge < -0.3 is 5.32 Å². The number of nitrogens with zero attached hydrogens (tertiary/aromatic N) is 1. The van der Waals surface area contributed by atoms with E-state index in [1.807, 2.05) is 60.7 Å². The Hall–Kier alpha value is -2.76. The average Bonchev–Trinajstić information content (AvgIpc) is 2.83. The molecule has 3 aromatic carbocycles. The number of rotatable bonds is 4. The normalized spacial score (nSPS) is 12.8. The van der Waals surface area contributed by atoms with Crippen molar-refractivity contribution in [1.29, 1.82) is 0 Å². The molecule has 1 aliphatic heterocycles. The molecule has 0 fully saturated rings. The van der Waals surface area contributed by atoms with E-state index in [9.17, 15) is 9.59 Å². The van der Waals surface area contributed by atoms with E-state index in [1.54, 1.807) is 12.1 Å². The number of carbonyl (C=O) groups is 2. The zero-order chi connectivity index (χ0) is 19.5. The molecule has 4 nitrogen and oxygen atoms in total. The number of halogens is 1. The SMILES string of the molecule is O=C(CN1C(=O)c2ccccc2Sc2ccccc21)NCc1ccccc1Cl. The molecule has 28 heavy (non-hydrogen) atoms. The maximum Gasteiger partial charge on any atom is 0.259 e. The third-order valence-corrected chi connectivity index (χ3v) is 5.98. The first-order valence-electron chi connectivity index (χ1n) is 8.81. The summed E-state index contributed by atoms with van der Waals surface area (Å²) in [6.07, 6.45) is 0. The van der Waals surface area contributed by atoms with Gasteiger partial charge >= 0.3 is 0 Å². The van der Waals surface area contributed by atoms with Crippen LogP contribution < -0.4 is 10.2 Å². The highest BCUT2D eigenvalue weighted by atomic mass is 35.5. The van der Waals surface area contributed by atoms with Crippen molar-refractivity contribution in [1.82, 2.24) is 5.32 Å². The van der Waals surface area contributed by atoms with Crippen molar-refractivity contribution in [3.8, 4) is 0 Å². The molecule has 1 heterocycles. The van der Waals surface area contributed by atoms with Gasteiger partial charge in [0.25, 0.3) is 5.91 Å². The van der Waals surface area contributed by atoms with E-state index >= 15 is 0 Å². The molecule has 0 aromatic heterocycles. The van der Waals surface area contributed by atoms with Crippen molar-refractivity contribution >= 4 is 40.9 Å². The van der Waals surface area contributed by atoms with E-state index in [1.165, 1.54) is 16.7 Å². The zero-order valence-corrected chi connectivity index (χ0v) is 16.5. The van der Waals surface area contributed by atoms with Gasteiger partial charge in [0.05, 0.1) is 11.3 Å². The van der Waals surface area contributed by atoms with E-state index in [0.717, 1.165) is 21.0 Å². The molecular weight excluding hydrogens is 392 g/mol. The minimum absolute atomic E-state index is 0.0603. The van der Waals surface area contributed by atoms with E-state index in [2.05, 4.69) is 5.32 Å². The van der Waals surface area contributed by atoms with Crippen LogP contribution in [0.5, 0.6) is 0 Å². The van der Waals surface area contributed by atoms with Crippen molar-refractivity contribution in [2.45, 2.75) is 16.3 Å². The van der Waals surface area contributed by atoms with E-state index in [0.29, 0.717) is 17.1 Å². The van der Waals surface area contributed by atoms with Crippen LogP contribution in [-0.4, -0.2) is 18.4 Å². The number of para-hydroxylation sites is 1. The average molecular weight is 409 g/mol. The van der Waals surface area contributed by atoms with Crippen LogP contribution in [0.3, 0.4) is 0 Å². The molecule has 0 spiro atoms. The lowest BCUT2D eigenvalue weighted by Gasteiger charge is -2.22. The molecule has 6 heteroatoms. The van der Waals surface area contributed by atoms with Gasteiger partial charge in [0.2, 0.25) is 5.91 Å². The summed E-state index contributed by atoms with van der Waals surface area (Å²) in [5.41, 5.74) is 2.17. The lowest BCUT2D eigenvalue weighted by atomic mass is 10.1. The van der Waals surface area contributed by atoms with Gasteiger partial charge in [-0.1, -0.05) is 65.8 Å². The van der Waals surface area contributed by atoms with Gasteiger partial charge in [-0.25, -0.2) is 0 Å². The fourth-order valence-corrected chi connectivity index (χ4v) is 4.34. The third kappa shape index (κ3) is 3.77. The number of amides is 2. The Morgan fingerprint density at radius 1 is 0.929 bits per heavy atom. The van der Waals surface area contributed by atoms with Gasteiger partial charge in [0.15, 0.2) is 0 Å². The van der Waals surface area contributed by atoms with E-state index < -0.39 is 0 Å². The molecule has 0 radical (unpaired) electrons. The molecule has 4 rings (SSSR count). The summed E-state index contributed by atoms with van der Waals surface area (Å²) < 4.78 is 0. The Morgan fingerprint density at radius 3 is 2.43 bits per heavy atom. The number of anilines is 1. The van der Waals surface area contributed by atoms with Crippen molar-refractivity contribution < 1.29 is 9.59 Å². The maximum atomic E-state index is 13.2. The predicted molar refractivity (Wildman–Crippen MR) is 112 cm³/mol. The largest absolute Gasteiger partial charge is 0.350 e. The van der Waals surface area contributed by atoms with Gasteiger partial charge in [-0.2, -0.15) is 0 Å². The molecule has 0 saturated carbocycles. The van der Waals surface area contributed by atoms with Gasteiger partial charge in [-0.05, 0) is 35.9 Å². The van der Waals surface area contributed by atoms with Crippen LogP contribution in [0.2, 0.25) is 5.02 Å². The van der Waals surface area contributed by atoms with Crippen molar-refractivity contribution in [3.63, 3.8) is 0 Å². The Balaban J connectivity index is 1.58. The second kappa shape index (κ2) is 8.09. The first kappa shape index (κ1) is 18.6. The van der Waals surface area contributed by atoms with Crippen LogP contribution in [-0.2, 0) is 11.3 Å². The van der Waals surface area contributed by atoms with Gasteiger partial charge in [-0.15, -0.1) is 0 Å². The molecule has 0 saturated heterocycles. The van der Waals surface area contributed by atoms with Gasteiger partial charge in [0, 0.05) is 21.4 Å². The molecule has 2 amide bonds. The molecule has 1 N–H and O–H groups in total. The van der Waals surface area contributed by atoms with E-state index in [-0.39, 0.29) is 18.4 Å². The Morgan fingerprint density at radius 2 is 1.61 bits per heavy atom. The Labute approximate surface area is 172 Å². The monoisotopic (exact) mass is 408 g/mol. The molecule has 1 aliphatic rings. The summed E-state index contributed by atoms with van der Waals surface area (Å²) in [7, 11) is 0. The Kier molecular flexibility index (Phi) is 5.37. The summed E-state index contributed by atoms with van der Waals surface area (Å²) in [5, 5.41) is 3.46. The number of benzene rings is 3. The van der Waals surface area contributed by atoms with Gasteiger partial charge in [-0.3, -0.25) is 14.5 Å². The third-order valence-electron chi connectivity index (χ3n) is 4.47. The second-order valence-electron chi connectivity index (χ2n) is 6.33. The van der Waals surface area contributed by atoms with Crippen molar-refractivity contribution in [2.24, 2.45) is 0 Å². The maximum absolute atomic E-state index is 13.2. The molecule has 0 aliphatic carbocycles. The summed E-state index contributed by atoms with van der Waals surface area (Å²) >= 11 is 7.69. The number of hydrogen-bond donors (Lipinski definition) is 1. The first-order chi connectivity index (χ1) is 13.6. The summed E-state index contributed by atoms with van der Waals surface area (Å²) in [6, 6.07) is 22.5. The topological polar surface area (TPSA) is 49.4 Å². The van der Waals surface area contributed by atoms with Crippen LogP contribution in [0.25, 0.3) is 0 Å². The summed E-state index contributed by atoms with van der Waals surface area (Å²) in [6.45, 7) is 0.253. The number of nitrogens with one attached hydrogen (secondary N) is 1. The first-order valence-corrected chi connectivity index (χ1v) is 10.0. The van der Waals surface area contributed by atoms with E-state index in [4.69, 9.17) is 11.6 Å². The Bertz CT molecular complexity index is 1050. The van der Waals surface area contributed by atoms with Crippen LogP contribution >= 0.6 is 23.4 Å². The number of fused-ring (bicyclic) bond motifs is 2. The number of carbonyl (C=O) groups excluding carboxylic acids is 2. The lowest BCUT2D eigenvalue weighted by molar-refractivity contribution is -0.119. The minimum Gasteiger partial charge on any atom is -0.350 e. The molecule has 3 aromatic rings. The van der Waals surface area contributed by atoms with Crippen LogP contribution in [0.4, 0.5) is 5.69 Å². The molecule has 140 valence electrons. The lowest BCUT2D eigenvalue weighted by Crippen LogP contribution is -2.40. The molecule has 0 bridgehead atoms. The minimum atomic E-state index is -0.243. The summed E-state index contributed by atoms with van der Waals surface area (Å²) in [5.74, 6) is -0.423. The highest BCUT2D eigenvalue weighted by Crippen LogP contribution is 2.40. The van der Waals surface area contributed by atoms with Gasteiger partial charge in [0.1, 0.15) is 6.54 Å². The smallest absolute Gasteiger partial charge is 0.259 e. The summed E-state index contributed by atoms with van der Waals surface area (Å²) in [4.78, 5) is 29.2. The highest BCUT2D eigenvalue weighted by Gasteiger charge is 2.28. The van der Waals surface area contributed by atoms with Crippen LogP contribution in [0, 0.1) is 0 Å². The molecular formula is C22H17ClN2O2S. The zero-order valence-electron chi connectivity index (χ0n) is 14.9. The highest BCUT2D eigenvalue weighted by molar-refractivity contribution is 7.99. The fraction of sp³-hybridized carbons (Fsp3) is 0.0909. The fourth-order valence-electron chi connectivity index (χ4n) is 3.06. The number of hydrogen-bond acceptors (Lipinski definition) is 3. The van der Waals surface area contributed by atoms with Crippen LogP contribution in [0.1, 0.15) is 15.9 Å². The van der Waals surface area contributed by atoms with Crippen molar-refractivity contribution in [2.75, 3.05) is 11.4 Å². The molecule has 0 atom stereocenters. The van der Waals surface area contributed by atoms with Crippen molar-refractivity contribution in [3.05, 3.63) is 88.9 Å². The predicted octanol–water partition coefficient (Wildman–Crippen LogP) is 4.77. The van der Waals surface area contributed by atoms with Crippen LogP contribution in [0.15, 0.2) is 82.6 Å².